The summed E-state index contributed by atoms with van der Waals surface area (Å²) in [4.78, 5) is 14.3. The average molecular weight is 619 g/mol. The molecule has 3 rings (SSSR count). The number of Topliss-reactive ketones (excluding diaryl/α,β-unsaturated/α-hetero) is 1. The topological polar surface area (TPSA) is 328 Å². The second kappa shape index (κ2) is 13.2. The first kappa shape index (κ1) is 35.5. The number of aliphatic hydroxyl groups excluding tert-OH is 12. The molecule has 18 heteroatoms. The van der Waals surface area contributed by atoms with Crippen LogP contribution in [0.5, 0.6) is 0 Å². The Morgan fingerprint density at radius 2 is 1.31 bits per heavy atom. The average Bonchev–Trinajstić information content (AvgIpc) is 2.96. The van der Waals surface area contributed by atoms with Crippen LogP contribution in [0.4, 0.5) is 0 Å². The van der Waals surface area contributed by atoms with Gasteiger partial charge in [-0.2, -0.15) is 0 Å². The molecule has 246 valence electrons. The molecule has 3 heterocycles. The van der Waals surface area contributed by atoms with E-state index in [0.717, 1.165) is 6.92 Å². The molecule has 18 atom stereocenters. The van der Waals surface area contributed by atoms with Crippen LogP contribution in [0, 0.1) is 0 Å². The first-order chi connectivity index (χ1) is 19.4. The van der Waals surface area contributed by atoms with Gasteiger partial charge in [0.2, 0.25) is 5.78 Å². The van der Waals surface area contributed by atoms with Gasteiger partial charge in [0.25, 0.3) is 0 Å². The van der Waals surface area contributed by atoms with Crippen molar-refractivity contribution in [2.24, 2.45) is 0 Å². The zero-order valence-electron chi connectivity index (χ0n) is 22.8. The molecule has 0 aromatic rings. The Bertz CT molecular complexity index is 924. The van der Waals surface area contributed by atoms with Crippen molar-refractivity contribution in [3.8, 4) is 0 Å². The molecular weight excluding hydrogens is 576 g/mol. The van der Waals surface area contributed by atoms with E-state index in [-0.39, 0.29) is 0 Å². The second-order valence-electron chi connectivity index (χ2n) is 11.3. The molecule has 3 aliphatic heterocycles. The minimum atomic E-state index is -3.99. The summed E-state index contributed by atoms with van der Waals surface area (Å²) in [5.74, 6) is -1.92. The van der Waals surface area contributed by atoms with E-state index in [2.05, 4.69) is 0 Å². The molecule has 42 heavy (non-hydrogen) atoms. The number of ketones is 1. The van der Waals surface area contributed by atoms with Gasteiger partial charge < -0.3 is 85.7 Å². The van der Waals surface area contributed by atoms with Gasteiger partial charge in [0.15, 0.2) is 11.2 Å². The van der Waals surface area contributed by atoms with Gasteiger partial charge in [-0.15, -0.1) is 0 Å². The van der Waals surface area contributed by atoms with Crippen LogP contribution in [0.15, 0.2) is 0 Å². The predicted molar refractivity (Wildman–Crippen MR) is 131 cm³/mol. The van der Waals surface area contributed by atoms with Gasteiger partial charge in [-0.1, -0.05) is 0 Å². The monoisotopic (exact) mass is 618 g/mol. The van der Waals surface area contributed by atoms with E-state index >= 15 is 0 Å². The van der Waals surface area contributed by atoms with Crippen LogP contribution in [-0.4, -0.2) is 199 Å². The summed E-state index contributed by atoms with van der Waals surface area (Å²) in [6.45, 7) is -0.0578. The summed E-state index contributed by atoms with van der Waals surface area (Å²) in [6, 6.07) is 0. The molecule has 0 radical (unpaired) electrons. The van der Waals surface area contributed by atoms with E-state index in [1.54, 1.807) is 0 Å². The van der Waals surface area contributed by atoms with Crippen molar-refractivity contribution in [1.82, 2.24) is 0 Å². The molecule has 14 N–H and O–H groups in total. The van der Waals surface area contributed by atoms with Gasteiger partial charge in [0.05, 0.1) is 37.6 Å². The molecule has 18 nitrogen and oxygen atoms in total. The van der Waals surface area contributed by atoms with Crippen LogP contribution < -0.4 is 0 Å². The van der Waals surface area contributed by atoms with Crippen molar-refractivity contribution in [2.75, 3.05) is 13.2 Å². The number of hydrogen-bond donors (Lipinski definition) is 14. The first-order valence-electron chi connectivity index (χ1n) is 13.4. The molecule has 0 bridgehead atoms. The largest absolute Gasteiger partial charge is 0.394 e. The Kier molecular flexibility index (Phi) is 11.1. The number of hydrogen-bond acceptors (Lipinski definition) is 18. The van der Waals surface area contributed by atoms with Crippen molar-refractivity contribution in [2.45, 2.75) is 129 Å². The van der Waals surface area contributed by atoms with Crippen molar-refractivity contribution >= 4 is 5.78 Å². The lowest BCUT2D eigenvalue weighted by Gasteiger charge is -2.58. The third kappa shape index (κ3) is 5.63. The van der Waals surface area contributed by atoms with Crippen LogP contribution in [-0.2, 0) is 19.0 Å². The third-order valence-corrected chi connectivity index (χ3v) is 8.57. The van der Waals surface area contributed by atoms with E-state index in [1.165, 1.54) is 6.92 Å². The molecule has 3 saturated heterocycles. The Labute approximate surface area is 239 Å². The van der Waals surface area contributed by atoms with Crippen LogP contribution >= 0.6 is 0 Å². The molecule has 0 saturated carbocycles. The van der Waals surface area contributed by atoms with Crippen LogP contribution in [0.1, 0.15) is 20.3 Å². The molecule has 3 unspecified atom stereocenters. The third-order valence-electron chi connectivity index (χ3n) is 8.57. The fourth-order valence-corrected chi connectivity index (χ4v) is 5.87. The highest BCUT2D eigenvalue weighted by Crippen LogP contribution is 2.46. The van der Waals surface area contributed by atoms with Gasteiger partial charge in [0, 0.05) is 6.42 Å². The van der Waals surface area contributed by atoms with Gasteiger partial charge >= 0.3 is 0 Å². The van der Waals surface area contributed by atoms with Gasteiger partial charge in [0.1, 0.15) is 73.2 Å². The zero-order chi connectivity index (χ0) is 32.1. The molecule has 0 amide bonds. The van der Waals surface area contributed by atoms with Crippen LogP contribution in [0.3, 0.4) is 0 Å². The van der Waals surface area contributed by atoms with Crippen LogP contribution in [0.2, 0.25) is 0 Å². The molecule has 3 aliphatic rings. The Morgan fingerprint density at radius 3 is 1.86 bits per heavy atom. The maximum absolute atomic E-state index is 14.3. The van der Waals surface area contributed by atoms with E-state index in [4.69, 9.17) is 14.2 Å². The minimum absolute atomic E-state index is 0.612. The van der Waals surface area contributed by atoms with Gasteiger partial charge in [-0.05, 0) is 13.8 Å². The lowest BCUT2D eigenvalue weighted by atomic mass is 9.62. The maximum atomic E-state index is 14.3. The number of carbonyl (C=O) groups excluding carboxylic acids is 1. The summed E-state index contributed by atoms with van der Waals surface area (Å²) >= 11 is 0. The summed E-state index contributed by atoms with van der Waals surface area (Å²) in [5, 5.41) is 149. The maximum Gasteiger partial charge on any atom is 0.201 e. The summed E-state index contributed by atoms with van der Waals surface area (Å²) < 4.78 is 16.2. The van der Waals surface area contributed by atoms with E-state index in [0.29, 0.717) is 0 Å². The second-order valence-corrected chi connectivity index (χ2v) is 11.3. The summed E-state index contributed by atoms with van der Waals surface area (Å²) in [6.07, 6.45) is -34.6. The number of rotatable bonds is 9. The van der Waals surface area contributed by atoms with Crippen molar-refractivity contribution in [1.29, 1.82) is 0 Å². The number of carbonyl (C=O) groups is 1. The standard InChI is InChI=1S/C24H42O18/c1-6-8(27)3-9(28)21(41-6)23(38,19(36)10(29)4-25)24(39,22-17(35)15(33)13(31)11(5-26)42-22)20(37)18-16(34)14(32)12(30)7(2)40-18/h6-19,21-22,25-36,38-39H,3-5H2,1-2H3/t6-,7+,8-,9-,10-,11-,12+,13-,14-,15+,16-,17+,18?,19+,21?,22?,23-,24-/m1/s1. The smallest absolute Gasteiger partial charge is 0.201 e. The van der Waals surface area contributed by atoms with E-state index < -0.39 is 134 Å². The fraction of sp³-hybridized carbons (Fsp3) is 0.958. The summed E-state index contributed by atoms with van der Waals surface area (Å²) in [7, 11) is 0. The molecular formula is C24H42O18. The highest BCUT2D eigenvalue weighted by molar-refractivity contribution is 5.94. The van der Waals surface area contributed by atoms with E-state index in [1.807, 2.05) is 0 Å². The highest BCUT2D eigenvalue weighted by Gasteiger charge is 2.74. The lowest BCUT2D eigenvalue weighted by Crippen LogP contribution is -2.84. The Balaban J connectivity index is 2.33. The molecule has 3 fully saturated rings. The SMILES string of the molecule is C[C@@H]1OC(C(=O)[C@@](O)(C2O[C@H](CO)[C@@H](O)[C@H](O)[C@@H]2O)[C@](O)(C2O[C@H](C)[C@H](O)C[C@H]2O)[C@@H](O)[C@H](O)CO)[C@H](O)[C@H](O)[C@H]1O. The highest BCUT2D eigenvalue weighted by atomic mass is 16.6. The molecule has 0 aromatic carbocycles. The fourth-order valence-electron chi connectivity index (χ4n) is 5.87. The predicted octanol–water partition coefficient (Wildman–Crippen LogP) is -8.66. The van der Waals surface area contributed by atoms with Crippen molar-refractivity contribution < 1.29 is 90.5 Å². The van der Waals surface area contributed by atoms with Crippen molar-refractivity contribution in [3.63, 3.8) is 0 Å². The summed E-state index contributed by atoms with van der Waals surface area (Å²) in [5.41, 5.74) is -7.79. The Hall–Kier alpha value is -1.01. The van der Waals surface area contributed by atoms with E-state index in [9.17, 15) is 76.3 Å². The molecule has 0 spiro atoms. The minimum Gasteiger partial charge on any atom is -0.394 e. The van der Waals surface area contributed by atoms with Gasteiger partial charge in [-0.3, -0.25) is 4.79 Å². The molecule has 0 aliphatic carbocycles. The number of ether oxygens (including phenoxy) is 3. The normalized spacial score (nSPS) is 47.6. The van der Waals surface area contributed by atoms with Gasteiger partial charge in [-0.25, -0.2) is 0 Å². The lowest BCUT2D eigenvalue weighted by molar-refractivity contribution is -0.347. The first-order valence-corrected chi connectivity index (χ1v) is 13.4. The zero-order valence-corrected chi connectivity index (χ0v) is 22.8. The molecule has 0 aromatic heterocycles. The quantitative estimate of drug-likeness (QED) is 0.114. The number of aliphatic hydroxyl groups is 14. The van der Waals surface area contributed by atoms with Crippen molar-refractivity contribution in [3.05, 3.63) is 0 Å². The Morgan fingerprint density at radius 1 is 0.738 bits per heavy atom. The van der Waals surface area contributed by atoms with Crippen LogP contribution in [0.25, 0.3) is 0 Å².